The van der Waals surface area contributed by atoms with E-state index >= 15 is 0 Å². The smallest absolute Gasteiger partial charge is 0.334 e. The van der Waals surface area contributed by atoms with E-state index in [4.69, 9.17) is 47.4 Å². The van der Waals surface area contributed by atoms with E-state index in [2.05, 4.69) is 0 Å². The lowest BCUT2D eigenvalue weighted by Gasteiger charge is -2.52. The summed E-state index contributed by atoms with van der Waals surface area (Å²) in [5, 5.41) is 66.4. The van der Waals surface area contributed by atoms with Crippen molar-refractivity contribution in [3.63, 3.8) is 0 Å². The van der Waals surface area contributed by atoms with E-state index in [1.165, 1.54) is 14.2 Å². The third-order valence-electron chi connectivity index (χ3n) is 17.8. The molecule has 436 valence electrons. The number of allylic oxidation sites excluding steroid dienone is 4. The van der Waals surface area contributed by atoms with Gasteiger partial charge in [0, 0.05) is 98.4 Å². The minimum absolute atomic E-state index is 0.0717. The van der Waals surface area contributed by atoms with Crippen LogP contribution in [-0.4, -0.2) is 166 Å². The second kappa shape index (κ2) is 27.7. The zero-order valence-electron chi connectivity index (χ0n) is 48.1. The van der Waals surface area contributed by atoms with Gasteiger partial charge in [0.1, 0.15) is 24.4 Å². The van der Waals surface area contributed by atoms with Gasteiger partial charge in [-0.1, -0.05) is 91.8 Å². The Bertz CT molecular complexity index is 1830. The molecule has 0 aromatic rings. The molecule has 0 aromatic heterocycles. The number of rotatable bonds is 16. The summed E-state index contributed by atoms with van der Waals surface area (Å²) < 4.78 is 63.4. The molecule has 0 spiro atoms. The highest BCUT2D eigenvalue weighted by Crippen LogP contribution is 2.47. The lowest BCUT2D eigenvalue weighted by atomic mass is 9.76. The van der Waals surface area contributed by atoms with Crippen LogP contribution in [0.3, 0.4) is 0 Å². The van der Waals surface area contributed by atoms with Crippen molar-refractivity contribution in [2.75, 3.05) is 14.2 Å². The van der Waals surface area contributed by atoms with Crippen LogP contribution in [0.25, 0.3) is 0 Å². The van der Waals surface area contributed by atoms with Crippen molar-refractivity contribution < 1.29 is 87.6 Å². The van der Waals surface area contributed by atoms with Crippen molar-refractivity contribution >= 4 is 11.9 Å². The van der Waals surface area contributed by atoms with Crippen molar-refractivity contribution in [2.24, 2.45) is 47.3 Å². The predicted octanol–water partition coefficient (Wildman–Crippen LogP) is 6.21. The molecule has 0 saturated carbocycles. The van der Waals surface area contributed by atoms with Crippen LogP contribution in [0.2, 0.25) is 0 Å². The van der Waals surface area contributed by atoms with Crippen LogP contribution >= 0.6 is 0 Å². The lowest BCUT2D eigenvalue weighted by molar-refractivity contribution is -0.352. The van der Waals surface area contributed by atoms with E-state index in [0.29, 0.717) is 12.8 Å². The van der Waals surface area contributed by atoms with Gasteiger partial charge in [0.25, 0.3) is 0 Å². The van der Waals surface area contributed by atoms with E-state index < -0.39 is 145 Å². The molecule has 76 heavy (non-hydrogen) atoms. The molecule has 4 fully saturated rings. The number of hydrogen-bond donors (Lipinski definition) is 6. The molecular formula is C58H96O18. The van der Waals surface area contributed by atoms with Gasteiger partial charge in [0.05, 0.1) is 61.0 Å². The van der Waals surface area contributed by atoms with Crippen LogP contribution in [0.4, 0.5) is 0 Å². The fraction of sp³-hybridized carbons (Fsp3) is 0.828. The van der Waals surface area contributed by atoms with Crippen LogP contribution < -0.4 is 0 Å². The second-order valence-corrected chi connectivity index (χ2v) is 22.9. The highest BCUT2D eigenvalue weighted by molar-refractivity contribution is 5.88. The van der Waals surface area contributed by atoms with Crippen LogP contribution in [0.15, 0.2) is 47.6 Å². The molecule has 5 aliphatic heterocycles. The Hall–Kier alpha value is -2.66. The molecule has 18 heteroatoms. The average Bonchev–Trinajstić information content (AvgIpc) is 3.37. The fourth-order valence-corrected chi connectivity index (χ4v) is 12.4. The van der Waals surface area contributed by atoms with E-state index in [0.717, 1.165) is 0 Å². The summed E-state index contributed by atoms with van der Waals surface area (Å²) in [6.45, 7) is 25.6. The van der Waals surface area contributed by atoms with E-state index in [1.807, 2.05) is 69.2 Å². The minimum Gasteiger partial charge on any atom is -0.458 e. The Balaban J connectivity index is 1.35. The van der Waals surface area contributed by atoms with Crippen molar-refractivity contribution in [2.45, 2.75) is 245 Å². The molecule has 26 atom stereocenters. The number of carbonyl (C=O) groups is 2. The third kappa shape index (κ3) is 14.6. The van der Waals surface area contributed by atoms with Gasteiger partial charge in [-0.3, -0.25) is 0 Å². The van der Waals surface area contributed by atoms with Gasteiger partial charge in [-0.05, 0) is 54.4 Å². The molecule has 18 nitrogen and oxygen atoms in total. The first kappa shape index (κ1) is 64.2. The predicted molar refractivity (Wildman–Crippen MR) is 282 cm³/mol. The summed E-state index contributed by atoms with van der Waals surface area (Å²) in [4.78, 5) is 28.1. The average molecular weight is 1080 g/mol. The normalized spacial score (nSPS) is 45.1. The number of hydrogen-bond acceptors (Lipinski definition) is 18. The summed E-state index contributed by atoms with van der Waals surface area (Å²) in [6.07, 6.45) is -0.246. The van der Waals surface area contributed by atoms with E-state index in [1.54, 1.807) is 64.2 Å². The second-order valence-electron chi connectivity index (χ2n) is 22.9. The Morgan fingerprint density at radius 3 is 1.24 bits per heavy atom. The summed E-state index contributed by atoms with van der Waals surface area (Å²) in [6, 6.07) is 0. The lowest BCUT2D eigenvalue weighted by Crippen LogP contribution is -2.60. The van der Waals surface area contributed by atoms with Crippen LogP contribution in [0.1, 0.15) is 135 Å². The Morgan fingerprint density at radius 1 is 0.592 bits per heavy atom. The first-order valence-corrected chi connectivity index (χ1v) is 28.0. The molecule has 0 bridgehead atoms. The maximum atomic E-state index is 14.0. The molecule has 5 aliphatic rings. The van der Waals surface area contributed by atoms with Crippen molar-refractivity contribution in [3.8, 4) is 0 Å². The Labute approximate surface area is 452 Å². The number of cyclic esters (lactones) is 2. The first-order chi connectivity index (χ1) is 35.7. The number of aliphatic hydroxyl groups is 6. The van der Waals surface area contributed by atoms with Gasteiger partial charge in [-0.25, -0.2) is 9.59 Å². The summed E-state index contributed by atoms with van der Waals surface area (Å²) >= 11 is 0. The molecule has 5 heterocycles. The zero-order chi connectivity index (χ0) is 56.7. The monoisotopic (exact) mass is 1080 g/mol. The topological polar surface area (TPSA) is 248 Å². The number of carbonyl (C=O) groups excluding carboxylic acids is 2. The van der Waals surface area contributed by atoms with Gasteiger partial charge in [-0.15, -0.1) is 0 Å². The maximum Gasteiger partial charge on any atom is 0.334 e. The number of methoxy groups -OCH3 is 2. The molecule has 0 radical (unpaired) electrons. The molecule has 0 aliphatic carbocycles. The fourth-order valence-electron chi connectivity index (χ4n) is 12.4. The number of esters is 2. The SMILES string of the molecule is CC[C@@H]1[C@@H](C)O[C@@](OC)([C@@H](C)[C@H](O)[C@H](C)[C@H]2OC(=O)/C(C)=C/C=C/[C@H](C)[C@@H]([C@@H](C)[C@@H](O)[C@H](C)[C@@]3(OC)C[C@@H](O[C@H]4C[C@H](O)[C@H](O)[C@H](C)O4)[C@H](CC)[C@@H](C)O3)OC(=O)/C(C)=C/C=C/[C@@H]2C)C[C@H]1OC1C[C@H](O)[C@H](O)[C@H](C)O1. The van der Waals surface area contributed by atoms with Gasteiger partial charge >= 0.3 is 11.9 Å². The third-order valence-corrected chi connectivity index (χ3v) is 17.8. The Morgan fingerprint density at radius 2 is 0.934 bits per heavy atom. The van der Waals surface area contributed by atoms with Gasteiger partial charge in [0.15, 0.2) is 24.2 Å². The largest absolute Gasteiger partial charge is 0.458 e. The molecular weight excluding hydrogens is 985 g/mol. The van der Waals surface area contributed by atoms with E-state index in [-0.39, 0.29) is 60.9 Å². The Kier molecular flexibility index (Phi) is 23.4. The van der Waals surface area contributed by atoms with Crippen LogP contribution in [0.5, 0.6) is 0 Å². The first-order valence-electron chi connectivity index (χ1n) is 28.0. The molecule has 4 saturated heterocycles. The maximum absolute atomic E-state index is 14.0. The molecule has 0 amide bonds. The molecule has 1 unspecified atom stereocenters. The standard InChI is InChI=1S/C58H96O18/c1-17-41-37(11)75-57(67-15,27-45(41)71-47-25-43(59)51(63)39(13)69-47)35(9)49(61)33(7)53-29(3)21-19-23-32(6)56(66)74-54(30(4)22-20-24-31(5)55(65)73-53)34(8)50(62)36(10)58(68-16)28-46(42(18-2)38(12)76-58)72-48-26-44(60)52(64)40(14)70-48/h19-24,29-30,33-54,59-64H,17-18,25-28H2,1-16H3/b21-19+,22-20+,31-24+,32-23+/t29-,30-,33-,34-,35-,36-,37+,38+,39-,40-,41+,42+,43-,44-,45+,46+,47-,48?,49+,50+,51+,52+,53-,54-,57+,58+/m0/s1. The number of ether oxygens (including phenoxy) is 10. The minimum atomic E-state index is -1.34. The highest BCUT2D eigenvalue weighted by atomic mass is 16.7. The van der Waals surface area contributed by atoms with Crippen molar-refractivity contribution in [1.29, 1.82) is 0 Å². The van der Waals surface area contributed by atoms with Gasteiger partial charge < -0.3 is 78.0 Å². The summed E-state index contributed by atoms with van der Waals surface area (Å²) in [5.41, 5.74) is 0.563. The summed E-state index contributed by atoms with van der Waals surface area (Å²) in [5.74, 6) is -7.68. The molecule has 5 rings (SSSR count). The molecule has 0 aromatic carbocycles. The zero-order valence-corrected chi connectivity index (χ0v) is 48.1. The van der Waals surface area contributed by atoms with Gasteiger partial charge in [-0.2, -0.15) is 0 Å². The van der Waals surface area contributed by atoms with Crippen LogP contribution in [-0.2, 0) is 57.0 Å². The quantitative estimate of drug-likeness (QED) is 0.0941. The van der Waals surface area contributed by atoms with Crippen LogP contribution in [0, 0.1) is 47.3 Å². The van der Waals surface area contributed by atoms with E-state index in [9.17, 15) is 40.2 Å². The highest BCUT2D eigenvalue weighted by Gasteiger charge is 2.55. The van der Waals surface area contributed by atoms with Crippen molar-refractivity contribution in [1.82, 2.24) is 0 Å². The molecule has 6 N–H and O–H groups in total. The van der Waals surface area contributed by atoms with Gasteiger partial charge in [0.2, 0.25) is 0 Å². The summed E-state index contributed by atoms with van der Waals surface area (Å²) in [7, 11) is 3.06. The number of aliphatic hydroxyl groups excluding tert-OH is 6. The van der Waals surface area contributed by atoms with Crippen molar-refractivity contribution in [3.05, 3.63) is 47.6 Å².